The molecule has 12 nitrogen and oxygen atoms in total. The van der Waals surface area contributed by atoms with Gasteiger partial charge in [-0.25, -0.2) is 9.97 Å². The topological polar surface area (TPSA) is 158 Å². The number of amides is 2. The van der Waals surface area contributed by atoms with Crippen LogP contribution in [0.2, 0.25) is 0 Å². The van der Waals surface area contributed by atoms with E-state index in [4.69, 9.17) is 9.47 Å². The van der Waals surface area contributed by atoms with Crippen molar-refractivity contribution >= 4 is 40.9 Å². The molecule has 0 spiro atoms. The molecule has 0 radical (unpaired) electrons. The summed E-state index contributed by atoms with van der Waals surface area (Å²) in [5.41, 5.74) is 1.37. The summed E-state index contributed by atoms with van der Waals surface area (Å²) in [5, 5.41) is 5.06. The number of carbonyl (C=O) groups excluding carboxylic acids is 5. The Morgan fingerprint density at radius 2 is 1.69 bits per heavy atom. The van der Waals surface area contributed by atoms with Crippen molar-refractivity contribution in [1.82, 2.24) is 25.2 Å². The van der Waals surface area contributed by atoms with Crippen molar-refractivity contribution in [2.75, 3.05) is 14.2 Å². The van der Waals surface area contributed by atoms with Crippen molar-refractivity contribution in [3.63, 3.8) is 0 Å². The molecule has 2 amide bonds. The van der Waals surface area contributed by atoms with E-state index in [0.717, 1.165) is 5.56 Å². The van der Waals surface area contributed by atoms with E-state index in [2.05, 4.69) is 20.3 Å². The first-order valence-electron chi connectivity index (χ1n) is 17.4. The van der Waals surface area contributed by atoms with Crippen LogP contribution in [0.1, 0.15) is 105 Å². The fourth-order valence-electron chi connectivity index (χ4n) is 6.10. The number of nitrogens with zero attached hydrogens (tertiary/aromatic N) is 4. The van der Waals surface area contributed by atoms with Crippen molar-refractivity contribution in [2.24, 2.45) is 23.7 Å². The number of hydrogen-bond donors (Lipinski definition) is 1. The molecular weight excluding hydrogens is 671 g/mol. The molecule has 0 aliphatic heterocycles. The lowest BCUT2D eigenvalue weighted by Crippen LogP contribution is -2.46. The van der Waals surface area contributed by atoms with Gasteiger partial charge in [-0.3, -0.25) is 29.0 Å². The SMILES string of the molecule is CC[C@H](C)[C@H](CC(=O)c1cnccn1)C(=O)N(C)[C@H](C[C@@H](OC(C)=O)c1nc(C(=O)N[C@@H](Cc2ccccc2)C[C@H](C)C(=O)OC)cs1)C(C)C. The Balaban J connectivity index is 1.82. The number of rotatable bonds is 19. The van der Waals surface area contributed by atoms with E-state index < -0.39 is 35.9 Å². The first kappa shape index (κ1) is 40.9. The van der Waals surface area contributed by atoms with Gasteiger partial charge in [0.25, 0.3) is 5.91 Å². The number of carbonyl (C=O) groups is 5. The third-order valence-electron chi connectivity index (χ3n) is 9.21. The van der Waals surface area contributed by atoms with Gasteiger partial charge in [0.05, 0.1) is 19.2 Å². The van der Waals surface area contributed by atoms with Crippen molar-refractivity contribution < 1.29 is 33.4 Å². The molecule has 1 aromatic carbocycles. The molecule has 0 fully saturated rings. The van der Waals surface area contributed by atoms with Gasteiger partial charge in [-0.2, -0.15) is 0 Å². The van der Waals surface area contributed by atoms with E-state index >= 15 is 0 Å². The highest BCUT2D eigenvalue weighted by Gasteiger charge is 2.36. The predicted molar refractivity (Wildman–Crippen MR) is 194 cm³/mol. The molecular formula is C38H51N5O7S. The highest BCUT2D eigenvalue weighted by atomic mass is 32.1. The van der Waals surface area contributed by atoms with Crippen LogP contribution in [0, 0.1) is 23.7 Å². The largest absolute Gasteiger partial charge is 0.469 e. The quantitative estimate of drug-likeness (QED) is 0.117. The fraction of sp³-hybridized carbons (Fsp3) is 0.526. The van der Waals surface area contributed by atoms with Gasteiger partial charge in [-0.05, 0) is 30.2 Å². The number of nitrogens with one attached hydrogen (secondary N) is 1. The maximum absolute atomic E-state index is 14.1. The molecule has 0 saturated carbocycles. The van der Waals surface area contributed by atoms with Gasteiger partial charge in [-0.1, -0.05) is 71.4 Å². The van der Waals surface area contributed by atoms with Crippen molar-refractivity contribution in [1.29, 1.82) is 0 Å². The van der Waals surface area contributed by atoms with Gasteiger partial charge < -0.3 is 19.7 Å². The van der Waals surface area contributed by atoms with Gasteiger partial charge >= 0.3 is 11.9 Å². The average molecular weight is 722 g/mol. The standard InChI is InChI=1S/C38H51N5O7S/c1-9-24(4)29(19-33(45)30-21-39-15-16-40-30)37(47)43(7)32(23(2)3)20-34(50-26(6)44)36-42-31(22-51-36)35(46)41-28(17-25(5)38(48)49-8)18-27-13-11-10-12-14-27/h10-16,21-25,28-29,32,34H,9,17-20H2,1-8H3,(H,41,46)/t24-,25-,28+,29-,32+,34+/m0/s1. The van der Waals surface area contributed by atoms with Crippen LogP contribution in [0.4, 0.5) is 0 Å². The number of ketones is 1. The number of esters is 2. The third kappa shape index (κ3) is 12.0. The lowest BCUT2D eigenvalue weighted by atomic mass is 9.84. The minimum atomic E-state index is -0.834. The molecule has 13 heteroatoms. The summed E-state index contributed by atoms with van der Waals surface area (Å²) in [7, 11) is 3.05. The van der Waals surface area contributed by atoms with Crippen molar-refractivity contribution in [3.8, 4) is 0 Å². The fourth-order valence-corrected chi connectivity index (χ4v) is 6.94. The number of thiazole rings is 1. The van der Waals surface area contributed by atoms with Gasteiger partial charge in [0, 0.05) is 62.6 Å². The van der Waals surface area contributed by atoms with Crippen LogP contribution in [0.5, 0.6) is 0 Å². The second kappa shape index (κ2) is 19.8. The first-order chi connectivity index (χ1) is 24.2. The summed E-state index contributed by atoms with van der Waals surface area (Å²) >= 11 is 1.19. The zero-order chi connectivity index (χ0) is 37.7. The van der Waals surface area contributed by atoms with Crippen molar-refractivity contribution in [2.45, 2.75) is 91.8 Å². The maximum Gasteiger partial charge on any atom is 0.308 e. The molecule has 2 heterocycles. The van der Waals surface area contributed by atoms with E-state index in [1.165, 1.54) is 44.0 Å². The number of aromatic nitrogens is 3. The molecule has 0 bridgehead atoms. The van der Waals surface area contributed by atoms with Gasteiger partial charge in [0.1, 0.15) is 16.4 Å². The molecule has 3 rings (SSSR count). The van der Waals surface area contributed by atoms with E-state index in [1.807, 2.05) is 58.0 Å². The van der Waals surface area contributed by atoms with Crippen LogP contribution in [-0.4, -0.2) is 75.6 Å². The van der Waals surface area contributed by atoms with Crippen LogP contribution in [0.3, 0.4) is 0 Å². The molecule has 1 N–H and O–H groups in total. The summed E-state index contributed by atoms with van der Waals surface area (Å²) in [5.74, 6) is -2.93. The van der Waals surface area contributed by atoms with Gasteiger partial charge in [0.15, 0.2) is 11.9 Å². The van der Waals surface area contributed by atoms with E-state index in [-0.39, 0.29) is 59.8 Å². The molecule has 0 aliphatic rings. The summed E-state index contributed by atoms with van der Waals surface area (Å²) < 4.78 is 10.7. The number of hydrogen-bond acceptors (Lipinski definition) is 11. The van der Waals surface area contributed by atoms with Gasteiger partial charge in [0.2, 0.25) is 5.91 Å². The molecule has 0 saturated heterocycles. The molecule has 3 aromatic rings. The number of ether oxygens (including phenoxy) is 2. The summed E-state index contributed by atoms with van der Waals surface area (Å²) in [4.78, 5) is 79.6. The molecule has 51 heavy (non-hydrogen) atoms. The van der Waals surface area contributed by atoms with Crippen molar-refractivity contribution in [3.05, 3.63) is 76.3 Å². The minimum Gasteiger partial charge on any atom is -0.469 e. The van der Waals surface area contributed by atoms with Crippen LogP contribution >= 0.6 is 11.3 Å². The third-order valence-corrected chi connectivity index (χ3v) is 10.1. The monoisotopic (exact) mass is 721 g/mol. The number of methoxy groups -OCH3 is 1. The van der Waals surface area contributed by atoms with E-state index in [9.17, 15) is 24.0 Å². The molecule has 0 unspecified atom stereocenters. The van der Waals surface area contributed by atoms with Crippen LogP contribution in [0.25, 0.3) is 0 Å². The highest BCUT2D eigenvalue weighted by Crippen LogP contribution is 2.32. The maximum atomic E-state index is 14.1. The van der Waals surface area contributed by atoms with Crippen LogP contribution < -0.4 is 5.32 Å². The Morgan fingerprint density at radius 1 is 0.980 bits per heavy atom. The van der Waals surface area contributed by atoms with Gasteiger partial charge in [-0.15, -0.1) is 11.3 Å². The molecule has 276 valence electrons. The number of Topliss-reactive ketones (excluding diaryl/α,β-unsaturated/α-hetero) is 1. The van der Waals surface area contributed by atoms with E-state index in [1.54, 1.807) is 24.3 Å². The Morgan fingerprint density at radius 3 is 2.27 bits per heavy atom. The zero-order valence-corrected chi connectivity index (χ0v) is 31.6. The van der Waals surface area contributed by atoms with Crippen LogP contribution in [-0.2, 0) is 30.3 Å². The van der Waals surface area contributed by atoms with Crippen LogP contribution in [0.15, 0.2) is 54.3 Å². The minimum absolute atomic E-state index is 0.0102. The lowest BCUT2D eigenvalue weighted by Gasteiger charge is -2.36. The highest BCUT2D eigenvalue weighted by molar-refractivity contribution is 7.09. The van der Waals surface area contributed by atoms with E-state index in [0.29, 0.717) is 24.3 Å². The number of benzene rings is 1. The lowest BCUT2D eigenvalue weighted by molar-refractivity contribution is -0.149. The molecule has 0 aliphatic carbocycles. The Bertz CT molecular complexity index is 1600. The molecule has 6 atom stereocenters. The normalized spacial score (nSPS) is 14.8. The predicted octanol–water partition coefficient (Wildman–Crippen LogP) is 5.89. The summed E-state index contributed by atoms with van der Waals surface area (Å²) in [6.07, 6.45) is 5.28. The summed E-state index contributed by atoms with van der Waals surface area (Å²) in [6.45, 7) is 11.0. The second-order valence-electron chi connectivity index (χ2n) is 13.4. The Kier molecular flexibility index (Phi) is 15.8. The smallest absolute Gasteiger partial charge is 0.308 e. The Hall–Kier alpha value is -4.52. The Labute approximate surface area is 304 Å². The first-order valence-corrected chi connectivity index (χ1v) is 18.2. The zero-order valence-electron chi connectivity index (χ0n) is 30.8. The average Bonchev–Trinajstić information content (AvgIpc) is 3.62. The molecule has 2 aromatic heterocycles. The summed E-state index contributed by atoms with van der Waals surface area (Å²) in [6, 6.07) is 8.89. The second-order valence-corrected chi connectivity index (χ2v) is 14.3.